The lowest BCUT2D eigenvalue weighted by Crippen LogP contribution is -2.50. The third-order valence-corrected chi connectivity index (χ3v) is 10.5. The molecule has 4 aliphatic heterocycles. The van der Waals surface area contributed by atoms with Crippen LogP contribution in [0.15, 0.2) is 18.2 Å². The van der Waals surface area contributed by atoms with Gasteiger partial charge in [0.05, 0.1) is 25.2 Å². The fourth-order valence-electron chi connectivity index (χ4n) is 7.88. The van der Waals surface area contributed by atoms with Crippen molar-refractivity contribution in [1.82, 2.24) is 14.7 Å². The minimum atomic E-state index is -4.54. The van der Waals surface area contributed by atoms with E-state index in [1.807, 2.05) is 21.6 Å². The van der Waals surface area contributed by atoms with Gasteiger partial charge in [0.15, 0.2) is 0 Å². The van der Waals surface area contributed by atoms with Crippen LogP contribution in [0.4, 0.5) is 23.2 Å². The van der Waals surface area contributed by atoms with E-state index in [-0.39, 0.29) is 68.3 Å². The van der Waals surface area contributed by atoms with Gasteiger partial charge >= 0.3 is 12.1 Å². The second-order valence-corrected chi connectivity index (χ2v) is 13.2. The highest BCUT2D eigenvalue weighted by molar-refractivity contribution is 5.86. The number of likely N-dealkylation sites (tertiary alicyclic amines) is 3. The van der Waals surface area contributed by atoms with Crippen LogP contribution in [0.25, 0.3) is 0 Å². The normalized spacial score (nSPS) is 27.0. The topological polar surface area (TPSA) is 82.6 Å². The van der Waals surface area contributed by atoms with E-state index in [0.29, 0.717) is 63.2 Å². The van der Waals surface area contributed by atoms with Crippen molar-refractivity contribution in [1.29, 1.82) is 0 Å². The lowest BCUT2D eigenvalue weighted by molar-refractivity contribution is -0.146. The molecular formula is C33H46F4N4O5. The van der Waals surface area contributed by atoms with Crippen LogP contribution in [0, 0.1) is 11.8 Å². The maximum Gasteiger partial charge on any atom is 0.416 e. The molecule has 13 heteroatoms. The predicted molar refractivity (Wildman–Crippen MR) is 163 cm³/mol. The summed E-state index contributed by atoms with van der Waals surface area (Å²) in [7, 11) is 2.87. The van der Waals surface area contributed by atoms with Crippen molar-refractivity contribution in [2.75, 3.05) is 78.1 Å². The first kappa shape index (κ1) is 34.4. The fraction of sp³-hybridized carbons (Fsp3) is 0.727. The second-order valence-electron chi connectivity index (χ2n) is 13.2. The number of benzene rings is 1. The van der Waals surface area contributed by atoms with E-state index in [2.05, 4.69) is 0 Å². The molecular weight excluding hydrogens is 608 g/mol. The van der Waals surface area contributed by atoms with Gasteiger partial charge in [-0.05, 0) is 43.4 Å². The van der Waals surface area contributed by atoms with Crippen LogP contribution in [-0.4, -0.2) is 117 Å². The molecule has 0 unspecified atom stereocenters. The SMILES string of the molecule is CCC(=O)N1CCC(N2CC[C@](F)(C(=O)N3C[C@H](COC)[C@@H](c4ccc(C(F)(F)F)cc4N4CCC(C(=O)OC)CC4)C3)C2)CC1. The molecule has 3 atom stereocenters. The maximum atomic E-state index is 16.5. The number of carbonyl (C=O) groups excluding carboxylic acids is 3. The Hall–Kier alpha value is -2.93. The molecule has 0 radical (unpaired) electrons. The molecule has 5 rings (SSSR count). The number of anilines is 1. The Morgan fingerprint density at radius 2 is 1.65 bits per heavy atom. The van der Waals surface area contributed by atoms with E-state index in [1.165, 1.54) is 25.2 Å². The molecule has 1 aromatic rings. The van der Waals surface area contributed by atoms with Crippen LogP contribution in [0.1, 0.15) is 62.5 Å². The van der Waals surface area contributed by atoms with Crippen LogP contribution in [0.2, 0.25) is 0 Å². The summed E-state index contributed by atoms with van der Waals surface area (Å²) in [4.78, 5) is 45.3. The van der Waals surface area contributed by atoms with Crippen molar-refractivity contribution < 1.29 is 41.4 Å². The van der Waals surface area contributed by atoms with Crippen molar-refractivity contribution in [3.8, 4) is 0 Å². The largest absolute Gasteiger partial charge is 0.469 e. The average molecular weight is 655 g/mol. The Balaban J connectivity index is 1.32. The smallest absolute Gasteiger partial charge is 0.416 e. The van der Waals surface area contributed by atoms with E-state index in [4.69, 9.17) is 9.47 Å². The van der Waals surface area contributed by atoms with Gasteiger partial charge in [-0.15, -0.1) is 0 Å². The minimum Gasteiger partial charge on any atom is -0.469 e. The summed E-state index contributed by atoms with van der Waals surface area (Å²) in [6, 6.07) is 3.83. The van der Waals surface area contributed by atoms with Gasteiger partial charge in [0.2, 0.25) is 11.6 Å². The number of amides is 2. The Bertz CT molecular complexity index is 1260. The Morgan fingerprint density at radius 1 is 0.957 bits per heavy atom. The van der Waals surface area contributed by atoms with E-state index in [9.17, 15) is 27.6 Å². The summed E-state index contributed by atoms with van der Waals surface area (Å²) in [5.41, 5.74) is -1.74. The summed E-state index contributed by atoms with van der Waals surface area (Å²) < 4.78 is 68.4. The number of rotatable bonds is 8. The highest BCUT2D eigenvalue weighted by Gasteiger charge is 2.51. The number of nitrogens with zero attached hydrogens (tertiary/aromatic N) is 4. The number of halogens is 4. The summed E-state index contributed by atoms with van der Waals surface area (Å²) in [6.45, 7) is 4.99. The number of esters is 1. The van der Waals surface area contributed by atoms with Crippen LogP contribution in [-0.2, 0) is 30.0 Å². The minimum absolute atomic E-state index is 0.00496. The van der Waals surface area contributed by atoms with Gasteiger partial charge in [0, 0.05) is 95.9 Å². The zero-order valence-electron chi connectivity index (χ0n) is 27.0. The zero-order valence-corrected chi connectivity index (χ0v) is 27.0. The van der Waals surface area contributed by atoms with Gasteiger partial charge in [0.25, 0.3) is 5.91 Å². The molecule has 4 heterocycles. The monoisotopic (exact) mass is 654 g/mol. The molecule has 0 saturated carbocycles. The highest BCUT2D eigenvalue weighted by atomic mass is 19.4. The van der Waals surface area contributed by atoms with Crippen molar-refractivity contribution in [3.63, 3.8) is 0 Å². The van der Waals surface area contributed by atoms with Crippen molar-refractivity contribution in [3.05, 3.63) is 29.3 Å². The maximum absolute atomic E-state index is 16.5. The van der Waals surface area contributed by atoms with Gasteiger partial charge in [0.1, 0.15) is 0 Å². The number of piperidine rings is 2. The van der Waals surface area contributed by atoms with E-state index in [1.54, 1.807) is 0 Å². The van der Waals surface area contributed by atoms with Gasteiger partial charge in [-0.3, -0.25) is 19.3 Å². The molecule has 4 saturated heterocycles. The van der Waals surface area contributed by atoms with Crippen LogP contribution in [0.3, 0.4) is 0 Å². The molecule has 9 nitrogen and oxygen atoms in total. The van der Waals surface area contributed by atoms with Crippen molar-refractivity contribution in [2.45, 2.75) is 69.3 Å². The molecule has 0 aliphatic carbocycles. The van der Waals surface area contributed by atoms with E-state index < -0.39 is 23.3 Å². The number of methoxy groups -OCH3 is 2. The molecule has 0 spiro atoms. The number of carbonyl (C=O) groups is 3. The highest BCUT2D eigenvalue weighted by Crippen LogP contribution is 2.43. The predicted octanol–water partition coefficient (Wildman–Crippen LogP) is 4.10. The lowest BCUT2D eigenvalue weighted by atomic mass is 9.86. The molecule has 1 aromatic carbocycles. The third-order valence-electron chi connectivity index (χ3n) is 10.5. The number of hydrogen-bond donors (Lipinski definition) is 0. The Labute approximate surface area is 268 Å². The summed E-state index contributed by atoms with van der Waals surface area (Å²) in [5.74, 6) is -1.69. The Morgan fingerprint density at radius 3 is 2.26 bits per heavy atom. The first-order chi connectivity index (χ1) is 21.9. The van der Waals surface area contributed by atoms with Crippen molar-refractivity contribution in [2.24, 2.45) is 11.8 Å². The molecule has 2 amide bonds. The molecule has 46 heavy (non-hydrogen) atoms. The van der Waals surface area contributed by atoms with Crippen LogP contribution >= 0.6 is 0 Å². The molecule has 0 bridgehead atoms. The van der Waals surface area contributed by atoms with Crippen molar-refractivity contribution >= 4 is 23.5 Å². The number of ether oxygens (including phenoxy) is 2. The zero-order chi connectivity index (χ0) is 33.2. The summed E-state index contributed by atoms with van der Waals surface area (Å²) in [6.07, 6.45) is -1.62. The second kappa shape index (κ2) is 14.0. The molecule has 256 valence electrons. The van der Waals surface area contributed by atoms with Gasteiger partial charge in [-0.1, -0.05) is 13.0 Å². The quantitative estimate of drug-likeness (QED) is 0.309. The van der Waals surface area contributed by atoms with Gasteiger partial charge < -0.3 is 24.2 Å². The van der Waals surface area contributed by atoms with E-state index in [0.717, 1.165) is 25.0 Å². The standard InChI is InChI=1S/C33H46F4N4O5/c1-4-29(42)39-14-9-25(10-15-39)40-16-11-32(34,21-40)31(44)41-18-23(20-45-2)27(19-41)26-6-5-24(33(35,36)37)17-28(26)38-12-7-22(8-13-38)30(43)46-3/h5-6,17,22-23,25,27H,4,7-16,18-21H2,1-3H3/t23-,27+,32-/m1/s1. The summed E-state index contributed by atoms with van der Waals surface area (Å²) in [5, 5.41) is 0. The molecule has 0 aromatic heterocycles. The number of alkyl halides is 4. The van der Waals surface area contributed by atoms with Gasteiger partial charge in [-0.25, -0.2) is 4.39 Å². The summed E-state index contributed by atoms with van der Waals surface area (Å²) >= 11 is 0. The number of hydrogen-bond acceptors (Lipinski definition) is 7. The van der Waals surface area contributed by atoms with Crippen LogP contribution in [0.5, 0.6) is 0 Å². The molecule has 4 aliphatic rings. The molecule has 0 N–H and O–H groups in total. The van der Waals surface area contributed by atoms with Crippen LogP contribution < -0.4 is 4.90 Å². The first-order valence-corrected chi connectivity index (χ1v) is 16.4. The Kier molecular flexibility index (Phi) is 10.5. The lowest BCUT2D eigenvalue weighted by Gasteiger charge is -2.37. The third kappa shape index (κ3) is 7.14. The fourth-order valence-corrected chi connectivity index (χ4v) is 7.88. The van der Waals surface area contributed by atoms with E-state index >= 15 is 4.39 Å². The molecule has 4 fully saturated rings. The van der Waals surface area contributed by atoms with Gasteiger partial charge in [-0.2, -0.15) is 13.2 Å². The first-order valence-electron chi connectivity index (χ1n) is 16.4. The average Bonchev–Trinajstić information content (AvgIpc) is 3.67.